The number of nitrogens with zero attached hydrogens (tertiary/aromatic N) is 2. The normalized spacial score (nSPS) is 19.4. The van der Waals surface area contributed by atoms with Crippen molar-refractivity contribution >= 4 is 0 Å². The molecule has 0 saturated carbocycles. The van der Waals surface area contributed by atoms with Gasteiger partial charge in [-0.05, 0) is 65.0 Å². The van der Waals surface area contributed by atoms with Crippen molar-refractivity contribution < 1.29 is 9.15 Å². The second-order valence-corrected chi connectivity index (χ2v) is 6.13. The van der Waals surface area contributed by atoms with E-state index in [2.05, 4.69) is 30.0 Å². The van der Waals surface area contributed by atoms with Gasteiger partial charge in [0, 0.05) is 13.2 Å². The molecule has 0 aliphatic carbocycles. The first-order chi connectivity index (χ1) is 9.63. The van der Waals surface area contributed by atoms with Gasteiger partial charge in [0.15, 0.2) is 0 Å². The average molecular weight is 280 g/mol. The molecular formula is C16H28N2O2. The third-order valence-corrected chi connectivity index (χ3v) is 3.80. The van der Waals surface area contributed by atoms with Crippen LogP contribution in [-0.4, -0.2) is 56.7 Å². The van der Waals surface area contributed by atoms with Crippen LogP contribution in [0.25, 0.3) is 0 Å². The fraction of sp³-hybridized carbons (Fsp3) is 0.750. The van der Waals surface area contributed by atoms with E-state index in [1.807, 2.05) is 13.0 Å². The maximum Gasteiger partial charge on any atom is 0.118 e. The van der Waals surface area contributed by atoms with Crippen LogP contribution < -0.4 is 0 Å². The summed E-state index contributed by atoms with van der Waals surface area (Å²) in [5, 5.41) is 0. The predicted octanol–water partition coefficient (Wildman–Crippen LogP) is 2.38. The van der Waals surface area contributed by atoms with Gasteiger partial charge in [0.2, 0.25) is 0 Å². The van der Waals surface area contributed by atoms with Crippen LogP contribution in [0.15, 0.2) is 16.5 Å². The summed E-state index contributed by atoms with van der Waals surface area (Å²) >= 11 is 0. The molecule has 1 unspecified atom stereocenters. The lowest BCUT2D eigenvalue weighted by molar-refractivity contribution is 0.157. The quantitative estimate of drug-likeness (QED) is 0.731. The van der Waals surface area contributed by atoms with Gasteiger partial charge in [-0.15, -0.1) is 0 Å². The van der Waals surface area contributed by atoms with E-state index >= 15 is 0 Å². The molecule has 1 fully saturated rings. The Morgan fingerprint density at radius 1 is 1.25 bits per heavy atom. The van der Waals surface area contributed by atoms with Crippen molar-refractivity contribution in [3.63, 3.8) is 0 Å². The van der Waals surface area contributed by atoms with Gasteiger partial charge >= 0.3 is 0 Å². The minimum absolute atomic E-state index is 0.686. The summed E-state index contributed by atoms with van der Waals surface area (Å²) in [4.78, 5) is 4.76. The summed E-state index contributed by atoms with van der Waals surface area (Å²) in [5.74, 6) is 2.76. The third kappa shape index (κ3) is 5.27. The van der Waals surface area contributed by atoms with E-state index in [-0.39, 0.29) is 0 Å². The standard InChI is InChI=1S/C16H28N2O2/c1-14-5-6-16(20-14)12-18(9-4-8-17(2)3)11-15-7-10-19-13-15/h5-6,15H,4,7-13H2,1-3H3. The second-order valence-electron chi connectivity index (χ2n) is 6.13. The van der Waals surface area contributed by atoms with Crippen LogP contribution in [-0.2, 0) is 11.3 Å². The predicted molar refractivity (Wildman–Crippen MR) is 80.8 cm³/mol. The zero-order valence-electron chi connectivity index (χ0n) is 13.1. The van der Waals surface area contributed by atoms with Crippen LogP contribution in [0.5, 0.6) is 0 Å². The minimum atomic E-state index is 0.686. The Morgan fingerprint density at radius 2 is 2.10 bits per heavy atom. The number of hydrogen-bond acceptors (Lipinski definition) is 4. The number of furan rings is 1. The molecule has 20 heavy (non-hydrogen) atoms. The van der Waals surface area contributed by atoms with Crippen molar-refractivity contribution in [2.45, 2.75) is 26.3 Å². The molecule has 1 atom stereocenters. The zero-order chi connectivity index (χ0) is 14.4. The van der Waals surface area contributed by atoms with Gasteiger partial charge in [-0.3, -0.25) is 4.90 Å². The van der Waals surface area contributed by atoms with E-state index in [1.54, 1.807) is 0 Å². The highest BCUT2D eigenvalue weighted by atomic mass is 16.5. The van der Waals surface area contributed by atoms with Crippen molar-refractivity contribution in [2.24, 2.45) is 5.92 Å². The van der Waals surface area contributed by atoms with Crippen LogP contribution in [0, 0.1) is 12.8 Å². The number of aryl methyl sites for hydroxylation is 1. The fourth-order valence-electron chi connectivity index (χ4n) is 2.73. The Hall–Kier alpha value is -0.840. The van der Waals surface area contributed by atoms with Gasteiger partial charge in [-0.1, -0.05) is 0 Å². The third-order valence-electron chi connectivity index (χ3n) is 3.80. The van der Waals surface area contributed by atoms with E-state index in [4.69, 9.17) is 9.15 Å². The maximum atomic E-state index is 5.72. The van der Waals surface area contributed by atoms with Gasteiger partial charge in [0.1, 0.15) is 11.5 Å². The molecule has 1 aromatic heterocycles. The van der Waals surface area contributed by atoms with Crippen LogP contribution in [0.4, 0.5) is 0 Å². The smallest absolute Gasteiger partial charge is 0.118 e. The Bertz CT molecular complexity index is 384. The van der Waals surface area contributed by atoms with Crippen LogP contribution >= 0.6 is 0 Å². The van der Waals surface area contributed by atoms with Crippen LogP contribution in [0.1, 0.15) is 24.4 Å². The molecule has 4 heteroatoms. The molecule has 0 bridgehead atoms. The molecular weight excluding hydrogens is 252 g/mol. The first-order valence-electron chi connectivity index (χ1n) is 7.63. The molecule has 114 valence electrons. The molecule has 0 N–H and O–H groups in total. The second kappa shape index (κ2) is 7.81. The van der Waals surface area contributed by atoms with Gasteiger partial charge in [0.05, 0.1) is 13.2 Å². The molecule has 0 aromatic carbocycles. The average Bonchev–Trinajstić information content (AvgIpc) is 3.01. The first-order valence-corrected chi connectivity index (χ1v) is 7.63. The summed E-state index contributed by atoms with van der Waals surface area (Å²) in [5.41, 5.74) is 0. The van der Waals surface area contributed by atoms with E-state index < -0.39 is 0 Å². The first kappa shape index (κ1) is 15.5. The highest BCUT2D eigenvalue weighted by molar-refractivity contribution is 5.05. The van der Waals surface area contributed by atoms with E-state index in [0.29, 0.717) is 5.92 Å². The fourth-order valence-corrected chi connectivity index (χ4v) is 2.73. The monoisotopic (exact) mass is 280 g/mol. The number of hydrogen-bond donors (Lipinski definition) is 0. The van der Waals surface area contributed by atoms with Gasteiger partial charge in [-0.2, -0.15) is 0 Å². The Kier molecular flexibility index (Phi) is 6.07. The minimum Gasteiger partial charge on any atom is -0.465 e. The lowest BCUT2D eigenvalue weighted by Gasteiger charge is -2.24. The molecule has 1 aliphatic rings. The van der Waals surface area contributed by atoms with E-state index in [1.165, 1.54) is 12.8 Å². The van der Waals surface area contributed by atoms with Crippen molar-refractivity contribution in [3.8, 4) is 0 Å². The van der Waals surface area contributed by atoms with Crippen molar-refractivity contribution in [3.05, 3.63) is 23.7 Å². The lowest BCUT2D eigenvalue weighted by atomic mass is 10.1. The topological polar surface area (TPSA) is 28.9 Å². The van der Waals surface area contributed by atoms with Crippen molar-refractivity contribution in [1.29, 1.82) is 0 Å². The maximum absolute atomic E-state index is 5.72. The molecule has 1 aliphatic heterocycles. The van der Waals surface area contributed by atoms with E-state index in [9.17, 15) is 0 Å². The molecule has 0 amide bonds. The highest BCUT2D eigenvalue weighted by Gasteiger charge is 2.19. The van der Waals surface area contributed by atoms with Crippen LogP contribution in [0.3, 0.4) is 0 Å². The lowest BCUT2D eigenvalue weighted by Crippen LogP contribution is -2.32. The van der Waals surface area contributed by atoms with Gasteiger partial charge < -0.3 is 14.1 Å². The Morgan fingerprint density at radius 3 is 2.70 bits per heavy atom. The molecule has 0 radical (unpaired) electrons. The summed E-state index contributed by atoms with van der Waals surface area (Å²) in [6, 6.07) is 4.14. The van der Waals surface area contributed by atoms with Crippen LogP contribution in [0.2, 0.25) is 0 Å². The van der Waals surface area contributed by atoms with Gasteiger partial charge in [-0.25, -0.2) is 0 Å². The Labute approximate surface area is 122 Å². The summed E-state index contributed by atoms with van der Waals surface area (Å²) < 4.78 is 11.2. The molecule has 0 spiro atoms. The summed E-state index contributed by atoms with van der Waals surface area (Å²) in [6.45, 7) is 8.14. The largest absolute Gasteiger partial charge is 0.465 e. The molecule has 4 nitrogen and oxygen atoms in total. The van der Waals surface area contributed by atoms with Crippen molar-refractivity contribution in [1.82, 2.24) is 9.80 Å². The SMILES string of the molecule is Cc1ccc(CN(CCCN(C)C)CC2CCOC2)o1. The van der Waals surface area contributed by atoms with E-state index in [0.717, 1.165) is 50.9 Å². The molecule has 2 heterocycles. The summed E-state index contributed by atoms with van der Waals surface area (Å²) in [6.07, 6.45) is 2.39. The van der Waals surface area contributed by atoms with Crippen molar-refractivity contribution in [2.75, 3.05) is 46.9 Å². The molecule has 1 aromatic rings. The number of ether oxygens (including phenoxy) is 1. The molecule has 2 rings (SSSR count). The molecule has 1 saturated heterocycles. The highest BCUT2D eigenvalue weighted by Crippen LogP contribution is 2.17. The Balaban J connectivity index is 1.84. The summed E-state index contributed by atoms with van der Waals surface area (Å²) in [7, 11) is 4.26. The zero-order valence-corrected chi connectivity index (χ0v) is 13.1. The van der Waals surface area contributed by atoms with Gasteiger partial charge in [0.25, 0.3) is 0 Å². The number of rotatable bonds is 8.